The molecule has 0 atom stereocenters. The van der Waals surface area contributed by atoms with Crippen LogP contribution in [0.25, 0.3) is 22.4 Å². The maximum absolute atomic E-state index is 5.88. The molecular weight excluding hydrogens is 248 g/mol. The number of hydrogen-bond donors (Lipinski definition) is 2. The molecule has 0 aliphatic heterocycles. The zero-order valence-corrected chi connectivity index (χ0v) is 11.9. The molecule has 0 unspecified atom stereocenters. The highest BCUT2D eigenvalue weighted by Gasteiger charge is 2.14. The molecule has 0 radical (unpaired) electrons. The highest BCUT2D eigenvalue weighted by atomic mass is 14.9. The number of aromatic amines is 1. The molecule has 4 heteroatoms. The summed E-state index contributed by atoms with van der Waals surface area (Å²) in [4.78, 5) is 11.9. The van der Waals surface area contributed by atoms with Crippen LogP contribution in [0, 0.1) is 0 Å². The number of anilines is 1. The third-order valence-electron chi connectivity index (χ3n) is 3.45. The molecule has 0 spiro atoms. The quantitative estimate of drug-likeness (QED) is 0.708. The third kappa shape index (κ3) is 2.13. The van der Waals surface area contributed by atoms with Crippen molar-refractivity contribution in [1.29, 1.82) is 0 Å². The minimum Gasteiger partial charge on any atom is -0.396 e. The standard InChI is InChI=1S/C16H18N4/c1-16(2,3)11-6-4-10(5-7-11)15-19-13-9-18-8-12(17)14(13)20-15/h4-9H,17H2,1-3H3,(H,19,20). The molecule has 102 valence electrons. The minimum atomic E-state index is 0.154. The van der Waals surface area contributed by atoms with Crippen LogP contribution in [-0.2, 0) is 5.41 Å². The van der Waals surface area contributed by atoms with Gasteiger partial charge in [-0.15, -0.1) is 0 Å². The minimum absolute atomic E-state index is 0.154. The highest BCUT2D eigenvalue weighted by molar-refractivity contribution is 5.88. The zero-order valence-electron chi connectivity index (χ0n) is 11.9. The van der Waals surface area contributed by atoms with Crippen molar-refractivity contribution in [3.05, 3.63) is 42.2 Å². The monoisotopic (exact) mass is 266 g/mol. The van der Waals surface area contributed by atoms with E-state index in [9.17, 15) is 0 Å². The van der Waals surface area contributed by atoms with Gasteiger partial charge in [0.2, 0.25) is 0 Å². The molecule has 4 nitrogen and oxygen atoms in total. The second-order valence-electron chi connectivity index (χ2n) is 6.04. The van der Waals surface area contributed by atoms with E-state index in [1.54, 1.807) is 12.4 Å². The number of aromatic nitrogens is 3. The molecule has 2 heterocycles. The van der Waals surface area contributed by atoms with Crippen LogP contribution >= 0.6 is 0 Å². The number of nitrogens with one attached hydrogen (secondary N) is 1. The van der Waals surface area contributed by atoms with Crippen LogP contribution in [-0.4, -0.2) is 15.0 Å². The summed E-state index contributed by atoms with van der Waals surface area (Å²) in [6.45, 7) is 6.61. The van der Waals surface area contributed by atoms with Gasteiger partial charge in [-0.25, -0.2) is 4.98 Å². The van der Waals surface area contributed by atoms with Gasteiger partial charge in [-0.1, -0.05) is 45.0 Å². The normalized spacial score (nSPS) is 11.9. The molecule has 2 aromatic heterocycles. The van der Waals surface area contributed by atoms with Crippen LogP contribution in [0.15, 0.2) is 36.7 Å². The van der Waals surface area contributed by atoms with Crippen molar-refractivity contribution in [3.63, 3.8) is 0 Å². The second-order valence-corrected chi connectivity index (χ2v) is 6.04. The molecule has 3 aromatic rings. The summed E-state index contributed by atoms with van der Waals surface area (Å²) < 4.78 is 0. The highest BCUT2D eigenvalue weighted by Crippen LogP contribution is 2.27. The fraction of sp³-hybridized carbons (Fsp3) is 0.250. The van der Waals surface area contributed by atoms with Crippen LogP contribution in [0.2, 0.25) is 0 Å². The molecule has 0 saturated heterocycles. The molecule has 0 fully saturated rings. The predicted molar refractivity (Wildman–Crippen MR) is 82.4 cm³/mol. The van der Waals surface area contributed by atoms with E-state index in [0.717, 1.165) is 22.4 Å². The van der Waals surface area contributed by atoms with Gasteiger partial charge >= 0.3 is 0 Å². The average molecular weight is 266 g/mol. The van der Waals surface area contributed by atoms with Gasteiger partial charge in [0.1, 0.15) is 11.3 Å². The Morgan fingerprint density at radius 3 is 2.35 bits per heavy atom. The van der Waals surface area contributed by atoms with Gasteiger partial charge in [0.15, 0.2) is 0 Å². The van der Waals surface area contributed by atoms with Gasteiger partial charge in [0, 0.05) is 5.56 Å². The van der Waals surface area contributed by atoms with Gasteiger partial charge in [-0.3, -0.25) is 4.98 Å². The van der Waals surface area contributed by atoms with Gasteiger partial charge < -0.3 is 10.7 Å². The first kappa shape index (κ1) is 12.7. The largest absolute Gasteiger partial charge is 0.396 e. The Morgan fingerprint density at radius 1 is 1.05 bits per heavy atom. The summed E-state index contributed by atoms with van der Waals surface area (Å²) in [6.07, 6.45) is 3.36. The summed E-state index contributed by atoms with van der Waals surface area (Å²) in [5.74, 6) is 0.820. The Morgan fingerprint density at radius 2 is 1.75 bits per heavy atom. The SMILES string of the molecule is CC(C)(C)c1ccc(-c2nc3c(N)cncc3[nH]2)cc1. The number of nitrogen functional groups attached to an aromatic ring is 1. The number of nitrogens with two attached hydrogens (primary N) is 1. The van der Waals surface area contributed by atoms with Crippen molar-refractivity contribution in [2.24, 2.45) is 0 Å². The number of fused-ring (bicyclic) bond motifs is 1. The Balaban J connectivity index is 2.05. The van der Waals surface area contributed by atoms with E-state index in [0.29, 0.717) is 5.69 Å². The first-order valence-electron chi connectivity index (χ1n) is 6.65. The summed E-state index contributed by atoms with van der Waals surface area (Å²) in [6, 6.07) is 8.46. The van der Waals surface area contributed by atoms with Crippen LogP contribution in [0.3, 0.4) is 0 Å². The van der Waals surface area contributed by atoms with E-state index in [1.165, 1.54) is 5.56 Å². The lowest BCUT2D eigenvalue weighted by Gasteiger charge is -2.18. The molecule has 20 heavy (non-hydrogen) atoms. The molecular formula is C16H18N4. The third-order valence-corrected chi connectivity index (χ3v) is 3.45. The number of pyridine rings is 1. The lowest BCUT2D eigenvalue weighted by atomic mass is 9.87. The van der Waals surface area contributed by atoms with E-state index in [4.69, 9.17) is 5.73 Å². The Hall–Kier alpha value is -2.36. The summed E-state index contributed by atoms with van der Waals surface area (Å²) in [5, 5.41) is 0. The topological polar surface area (TPSA) is 67.6 Å². The number of nitrogens with zero attached hydrogens (tertiary/aromatic N) is 2. The van der Waals surface area contributed by atoms with Gasteiger partial charge in [-0.05, 0) is 11.0 Å². The van der Waals surface area contributed by atoms with Crippen molar-refractivity contribution in [3.8, 4) is 11.4 Å². The molecule has 0 aliphatic carbocycles. The first-order chi connectivity index (χ1) is 9.45. The lowest BCUT2D eigenvalue weighted by Crippen LogP contribution is -2.10. The van der Waals surface area contributed by atoms with E-state index >= 15 is 0 Å². The van der Waals surface area contributed by atoms with Gasteiger partial charge in [0.05, 0.1) is 23.6 Å². The van der Waals surface area contributed by atoms with E-state index < -0.39 is 0 Å². The van der Waals surface area contributed by atoms with Crippen LogP contribution in [0.5, 0.6) is 0 Å². The summed E-state index contributed by atoms with van der Waals surface area (Å²) >= 11 is 0. The van der Waals surface area contributed by atoms with Crippen molar-refractivity contribution in [1.82, 2.24) is 15.0 Å². The smallest absolute Gasteiger partial charge is 0.138 e. The van der Waals surface area contributed by atoms with E-state index in [-0.39, 0.29) is 5.41 Å². The maximum atomic E-state index is 5.88. The Bertz CT molecular complexity index is 748. The Kier molecular flexibility index (Phi) is 2.74. The maximum Gasteiger partial charge on any atom is 0.138 e. The van der Waals surface area contributed by atoms with Crippen molar-refractivity contribution < 1.29 is 0 Å². The Labute approximate surface area is 118 Å². The molecule has 0 saturated carbocycles. The van der Waals surface area contributed by atoms with E-state index in [1.807, 2.05) is 0 Å². The van der Waals surface area contributed by atoms with Gasteiger partial charge in [-0.2, -0.15) is 0 Å². The van der Waals surface area contributed by atoms with Crippen molar-refractivity contribution in [2.75, 3.05) is 5.73 Å². The lowest BCUT2D eigenvalue weighted by molar-refractivity contribution is 0.590. The summed E-state index contributed by atoms with van der Waals surface area (Å²) in [5.41, 5.74) is 10.6. The molecule has 0 bridgehead atoms. The van der Waals surface area contributed by atoms with Crippen molar-refractivity contribution in [2.45, 2.75) is 26.2 Å². The number of imidazole rings is 1. The molecule has 1 aromatic carbocycles. The van der Waals surface area contributed by atoms with Crippen LogP contribution in [0.4, 0.5) is 5.69 Å². The number of benzene rings is 1. The molecule has 0 aliphatic rings. The molecule has 3 N–H and O–H groups in total. The second kappa shape index (κ2) is 4.34. The van der Waals surface area contributed by atoms with Crippen LogP contribution in [0.1, 0.15) is 26.3 Å². The summed E-state index contributed by atoms with van der Waals surface area (Å²) in [7, 11) is 0. The molecule has 3 rings (SSSR count). The zero-order chi connectivity index (χ0) is 14.3. The fourth-order valence-corrected chi connectivity index (χ4v) is 2.22. The number of H-pyrrole nitrogens is 1. The first-order valence-corrected chi connectivity index (χ1v) is 6.65. The number of hydrogen-bond acceptors (Lipinski definition) is 3. The van der Waals surface area contributed by atoms with E-state index in [2.05, 4.69) is 60.0 Å². The molecule has 0 amide bonds. The average Bonchev–Trinajstić information content (AvgIpc) is 2.83. The van der Waals surface area contributed by atoms with Crippen LogP contribution < -0.4 is 5.73 Å². The fourth-order valence-electron chi connectivity index (χ4n) is 2.22. The predicted octanol–water partition coefficient (Wildman–Crippen LogP) is 3.50. The van der Waals surface area contributed by atoms with Crippen molar-refractivity contribution >= 4 is 16.7 Å². The number of rotatable bonds is 1. The van der Waals surface area contributed by atoms with Gasteiger partial charge in [0.25, 0.3) is 0 Å².